The lowest BCUT2D eigenvalue weighted by atomic mass is 9.95. The van der Waals surface area contributed by atoms with E-state index in [1.54, 1.807) is 0 Å². The summed E-state index contributed by atoms with van der Waals surface area (Å²) < 4.78 is 5.04. The Labute approximate surface area is 327 Å². The Morgan fingerprint density at radius 1 is 0.304 bits per heavy atom. The summed E-state index contributed by atoms with van der Waals surface area (Å²) in [5.41, 5.74) is 10.7. The van der Waals surface area contributed by atoms with Crippen LogP contribution in [0.3, 0.4) is 0 Å². The fourth-order valence-electron chi connectivity index (χ4n) is 7.95. The number of fused-ring (bicyclic) bond motifs is 6. The molecule has 0 unspecified atom stereocenters. The minimum Gasteiger partial charge on any atom is -0.309 e. The van der Waals surface area contributed by atoms with E-state index in [9.17, 15) is 0 Å². The van der Waals surface area contributed by atoms with Gasteiger partial charge in [0, 0.05) is 53.3 Å². The summed E-state index contributed by atoms with van der Waals surface area (Å²) in [6.45, 7) is 0. The molecule has 0 aliphatic carbocycles. The van der Waals surface area contributed by atoms with Crippen molar-refractivity contribution in [2.75, 3.05) is 0 Å². The first kappa shape index (κ1) is 32.2. The zero-order chi connectivity index (χ0) is 37.0. The quantitative estimate of drug-likeness (QED) is 0.171. The average molecular weight is 733 g/mol. The minimum absolute atomic E-state index is 0.627. The zero-order valence-corrected chi connectivity index (χ0v) is 31.0. The van der Waals surface area contributed by atoms with Gasteiger partial charge in [-0.3, -0.25) is 0 Å². The summed E-state index contributed by atoms with van der Waals surface area (Å²) >= 11 is 1.86. The van der Waals surface area contributed by atoms with Crippen LogP contribution < -0.4 is 0 Å². The molecule has 11 rings (SSSR count). The predicted octanol–water partition coefficient (Wildman–Crippen LogP) is 13.7. The molecular weight excluding hydrogens is 701 g/mol. The van der Waals surface area contributed by atoms with Crippen LogP contribution in [0.1, 0.15) is 0 Å². The van der Waals surface area contributed by atoms with E-state index in [0.29, 0.717) is 17.5 Å². The Morgan fingerprint density at radius 3 is 1.54 bits per heavy atom. The Balaban J connectivity index is 1.12. The molecule has 0 aliphatic heterocycles. The first-order valence-corrected chi connectivity index (χ1v) is 19.6. The molecule has 4 nitrogen and oxygen atoms in total. The number of aromatic nitrogens is 4. The van der Waals surface area contributed by atoms with E-state index in [2.05, 4.69) is 138 Å². The van der Waals surface area contributed by atoms with Gasteiger partial charge in [-0.25, -0.2) is 15.0 Å². The number of thiophene rings is 1. The van der Waals surface area contributed by atoms with E-state index in [-0.39, 0.29) is 0 Å². The third-order valence-corrected chi connectivity index (χ3v) is 11.7. The zero-order valence-electron chi connectivity index (χ0n) is 30.2. The Bertz CT molecular complexity index is 3180. The summed E-state index contributed by atoms with van der Waals surface area (Å²) in [4.78, 5) is 15.2. The number of nitrogens with zero attached hydrogens (tertiary/aromatic N) is 4. The molecule has 3 heterocycles. The van der Waals surface area contributed by atoms with Gasteiger partial charge in [-0.2, -0.15) is 0 Å². The maximum Gasteiger partial charge on any atom is 0.164 e. The Kier molecular flexibility index (Phi) is 7.64. The lowest BCUT2D eigenvalue weighted by Gasteiger charge is -2.14. The van der Waals surface area contributed by atoms with Crippen molar-refractivity contribution in [3.63, 3.8) is 0 Å². The van der Waals surface area contributed by atoms with Crippen molar-refractivity contribution in [3.8, 4) is 62.1 Å². The molecule has 5 heteroatoms. The number of para-hydroxylation sites is 1. The molecule has 0 saturated carbocycles. The van der Waals surface area contributed by atoms with Crippen LogP contribution in [0.4, 0.5) is 0 Å². The first-order valence-electron chi connectivity index (χ1n) is 18.8. The SMILES string of the molecule is c1ccc(-c2cc(-c3cccc(-n4c5ccccc5c5cc6sc7ccccc7c6cc54)c3)cc(-c3nc(-c4ccccc4)nc(-c4ccccc4)n3)c2)cc1. The van der Waals surface area contributed by atoms with Crippen molar-refractivity contribution in [1.29, 1.82) is 0 Å². The van der Waals surface area contributed by atoms with Crippen LogP contribution in [0, 0.1) is 0 Å². The Hall–Kier alpha value is -7.21. The van der Waals surface area contributed by atoms with Crippen LogP contribution in [0.25, 0.3) is 104 Å². The van der Waals surface area contributed by atoms with E-state index in [4.69, 9.17) is 15.0 Å². The van der Waals surface area contributed by atoms with Crippen molar-refractivity contribution in [2.24, 2.45) is 0 Å². The summed E-state index contributed by atoms with van der Waals surface area (Å²) in [5, 5.41) is 5.10. The largest absolute Gasteiger partial charge is 0.309 e. The molecule has 0 aliphatic rings. The highest BCUT2D eigenvalue weighted by Crippen LogP contribution is 2.41. The first-order chi connectivity index (χ1) is 27.7. The van der Waals surface area contributed by atoms with E-state index in [1.807, 2.05) is 72.0 Å². The molecule has 0 N–H and O–H groups in total. The monoisotopic (exact) mass is 732 g/mol. The van der Waals surface area contributed by atoms with Crippen LogP contribution in [-0.2, 0) is 0 Å². The van der Waals surface area contributed by atoms with Gasteiger partial charge in [0.2, 0.25) is 0 Å². The van der Waals surface area contributed by atoms with Gasteiger partial charge >= 0.3 is 0 Å². The third-order valence-electron chi connectivity index (χ3n) is 10.6. The highest BCUT2D eigenvalue weighted by atomic mass is 32.1. The molecule has 0 radical (unpaired) electrons. The smallest absolute Gasteiger partial charge is 0.164 e. The molecule has 0 atom stereocenters. The summed E-state index contributed by atoms with van der Waals surface area (Å²) in [5.74, 6) is 1.91. The van der Waals surface area contributed by atoms with E-state index < -0.39 is 0 Å². The van der Waals surface area contributed by atoms with E-state index >= 15 is 0 Å². The van der Waals surface area contributed by atoms with Gasteiger partial charge in [0.25, 0.3) is 0 Å². The Morgan fingerprint density at radius 2 is 0.839 bits per heavy atom. The number of hydrogen-bond acceptors (Lipinski definition) is 4. The fourth-order valence-corrected chi connectivity index (χ4v) is 9.07. The van der Waals surface area contributed by atoms with Gasteiger partial charge < -0.3 is 4.57 Å². The molecule has 262 valence electrons. The number of rotatable bonds is 6. The van der Waals surface area contributed by atoms with E-state index in [1.165, 1.54) is 42.0 Å². The summed E-state index contributed by atoms with van der Waals surface area (Å²) in [7, 11) is 0. The molecule has 0 fully saturated rings. The van der Waals surface area contributed by atoms with E-state index in [0.717, 1.165) is 44.6 Å². The van der Waals surface area contributed by atoms with Gasteiger partial charge in [-0.1, -0.05) is 140 Å². The second kappa shape index (κ2) is 13.3. The summed E-state index contributed by atoms with van der Waals surface area (Å²) in [6, 6.07) is 68.7. The fraction of sp³-hybridized carbons (Fsp3) is 0. The molecule has 0 amide bonds. The average Bonchev–Trinajstić information content (AvgIpc) is 3.81. The molecule has 11 aromatic rings. The van der Waals surface area contributed by atoms with Crippen molar-refractivity contribution in [2.45, 2.75) is 0 Å². The maximum absolute atomic E-state index is 5.11. The van der Waals surface area contributed by atoms with Crippen LogP contribution in [0.5, 0.6) is 0 Å². The van der Waals surface area contributed by atoms with Crippen LogP contribution in [0.2, 0.25) is 0 Å². The maximum atomic E-state index is 5.11. The molecule has 8 aromatic carbocycles. The van der Waals surface area contributed by atoms with Gasteiger partial charge in [0.05, 0.1) is 11.0 Å². The molecular formula is C51H32N4S. The number of benzene rings is 8. The van der Waals surface area contributed by atoms with Crippen molar-refractivity contribution in [1.82, 2.24) is 19.5 Å². The molecule has 3 aromatic heterocycles. The van der Waals surface area contributed by atoms with Crippen molar-refractivity contribution in [3.05, 3.63) is 194 Å². The van der Waals surface area contributed by atoms with Crippen molar-refractivity contribution < 1.29 is 0 Å². The van der Waals surface area contributed by atoms with Gasteiger partial charge in [-0.05, 0) is 76.9 Å². The lowest BCUT2D eigenvalue weighted by Crippen LogP contribution is -2.00. The molecule has 0 saturated heterocycles. The normalized spacial score (nSPS) is 11.6. The topological polar surface area (TPSA) is 43.6 Å². The minimum atomic E-state index is 0.627. The molecule has 0 bridgehead atoms. The third kappa shape index (κ3) is 5.56. The molecule has 0 spiro atoms. The number of hydrogen-bond donors (Lipinski definition) is 0. The van der Waals surface area contributed by atoms with Gasteiger partial charge in [-0.15, -0.1) is 11.3 Å². The van der Waals surface area contributed by atoms with Gasteiger partial charge in [0.15, 0.2) is 17.5 Å². The lowest BCUT2D eigenvalue weighted by molar-refractivity contribution is 1.07. The molecule has 56 heavy (non-hydrogen) atoms. The van der Waals surface area contributed by atoms with Crippen LogP contribution in [-0.4, -0.2) is 19.5 Å². The van der Waals surface area contributed by atoms with Gasteiger partial charge in [0.1, 0.15) is 0 Å². The highest BCUT2D eigenvalue weighted by Gasteiger charge is 2.18. The predicted molar refractivity (Wildman–Crippen MR) is 234 cm³/mol. The second-order valence-corrected chi connectivity index (χ2v) is 15.2. The van der Waals surface area contributed by atoms with Crippen LogP contribution in [0.15, 0.2) is 194 Å². The highest BCUT2D eigenvalue weighted by molar-refractivity contribution is 7.25. The standard InChI is InChI=1S/C51H32N4S/c1-4-15-33(16-5-1)37-27-38(29-39(28-37)51-53-49(34-17-6-2-7-18-34)52-50(54-51)35-19-8-3-9-20-35)36-21-14-22-40(30-36)55-45-25-12-10-23-41(45)43-32-48-44(31-46(43)55)42-24-11-13-26-47(42)56-48/h1-32H. The summed E-state index contributed by atoms with van der Waals surface area (Å²) in [6.07, 6.45) is 0. The second-order valence-electron chi connectivity index (χ2n) is 14.1. The van der Waals surface area contributed by atoms with Crippen LogP contribution >= 0.6 is 11.3 Å². The van der Waals surface area contributed by atoms with Crippen molar-refractivity contribution >= 4 is 53.3 Å².